The minimum Gasteiger partial charge on any atom is -0.379 e. The van der Waals surface area contributed by atoms with E-state index >= 15 is 0 Å². The summed E-state index contributed by atoms with van der Waals surface area (Å²) >= 11 is 0. The molecule has 0 bridgehead atoms. The predicted molar refractivity (Wildman–Crippen MR) is 96.0 cm³/mol. The molecule has 0 fully saturated rings. The molecule has 23 heavy (non-hydrogen) atoms. The summed E-state index contributed by atoms with van der Waals surface area (Å²) in [6.45, 7) is 16.3. The summed E-state index contributed by atoms with van der Waals surface area (Å²) in [5.74, 6) is 0.686. The van der Waals surface area contributed by atoms with Crippen molar-refractivity contribution in [1.29, 1.82) is 0 Å². The third kappa shape index (κ3) is 16.5. The predicted octanol–water partition coefficient (Wildman–Crippen LogP) is 4.45. The maximum atomic E-state index is 5.78. The topological polar surface area (TPSA) is 36.9 Å². The third-order valence-electron chi connectivity index (χ3n) is 3.57. The minimum atomic E-state index is 0.0785. The molecule has 0 aromatic heterocycles. The standard InChI is InChI=1S/C19H40O4/c1-7-8-9-11-21-18(5)14-23-19(6)15-22-17(4)13-20-12-10-16(2)3/h16-19H,7-15H2,1-6H3. The van der Waals surface area contributed by atoms with Gasteiger partial charge in [-0.25, -0.2) is 0 Å². The van der Waals surface area contributed by atoms with Gasteiger partial charge in [-0.3, -0.25) is 0 Å². The van der Waals surface area contributed by atoms with Crippen molar-refractivity contribution < 1.29 is 18.9 Å². The van der Waals surface area contributed by atoms with Gasteiger partial charge >= 0.3 is 0 Å². The lowest BCUT2D eigenvalue weighted by Crippen LogP contribution is -2.27. The molecule has 0 amide bonds. The molecule has 0 heterocycles. The second-order valence-corrected chi connectivity index (χ2v) is 6.93. The molecular formula is C19H40O4. The lowest BCUT2D eigenvalue weighted by molar-refractivity contribution is -0.0804. The minimum absolute atomic E-state index is 0.0785. The molecule has 0 aromatic rings. The van der Waals surface area contributed by atoms with Gasteiger partial charge in [0.2, 0.25) is 0 Å². The van der Waals surface area contributed by atoms with Crippen LogP contribution >= 0.6 is 0 Å². The van der Waals surface area contributed by atoms with Crippen LogP contribution < -0.4 is 0 Å². The van der Waals surface area contributed by atoms with Gasteiger partial charge in [0.05, 0.1) is 38.1 Å². The van der Waals surface area contributed by atoms with Crippen LogP contribution in [0, 0.1) is 5.92 Å². The van der Waals surface area contributed by atoms with Crippen LogP contribution in [-0.4, -0.2) is 51.3 Å². The monoisotopic (exact) mass is 332 g/mol. The van der Waals surface area contributed by atoms with Gasteiger partial charge in [0, 0.05) is 13.2 Å². The van der Waals surface area contributed by atoms with Gasteiger partial charge in [0.1, 0.15) is 0 Å². The first-order valence-electron chi connectivity index (χ1n) is 9.38. The first-order chi connectivity index (χ1) is 11.0. The van der Waals surface area contributed by atoms with Crippen molar-refractivity contribution in [3.63, 3.8) is 0 Å². The molecule has 0 aromatic carbocycles. The van der Waals surface area contributed by atoms with Gasteiger partial charge in [0.15, 0.2) is 0 Å². The van der Waals surface area contributed by atoms with E-state index in [1.165, 1.54) is 12.8 Å². The summed E-state index contributed by atoms with van der Waals surface area (Å²) in [5.41, 5.74) is 0. The molecule has 0 aliphatic heterocycles. The number of rotatable bonds is 16. The number of unbranched alkanes of at least 4 members (excludes halogenated alkanes) is 2. The Hall–Kier alpha value is -0.160. The van der Waals surface area contributed by atoms with E-state index in [-0.39, 0.29) is 18.3 Å². The Morgan fingerprint density at radius 2 is 1.22 bits per heavy atom. The van der Waals surface area contributed by atoms with Gasteiger partial charge in [0.25, 0.3) is 0 Å². The zero-order chi connectivity index (χ0) is 17.5. The molecule has 0 spiro atoms. The van der Waals surface area contributed by atoms with E-state index in [2.05, 4.69) is 27.7 Å². The van der Waals surface area contributed by atoms with E-state index in [0.29, 0.717) is 25.7 Å². The highest BCUT2D eigenvalue weighted by molar-refractivity contribution is 4.55. The molecule has 4 nitrogen and oxygen atoms in total. The third-order valence-corrected chi connectivity index (χ3v) is 3.57. The Balaban J connectivity index is 3.52. The van der Waals surface area contributed by atoms with Crippen molar-refractivity contribution in [2.24, 2.45) is 5.92 Å². The van der Waals surface area contributed by atoms with Crippen LogP contribution in [-0.2, 0) is 18.9 Å². The van der Waals surface area contributed by atoms with Gasteiger partial charge in [-0.2, -0.15) is 0 Å². The normalized spacial score (nSPS) is 15.8. The van der Waals surface area contributed by atoms with E-state index in [1.54, 1.807) is 0 Å². The highest BCUT2D eigenvalue weighted by atomic mass is 16.6. The second kappa shape index (κ2) is 15.4. The molecule has 0 saturated carbocycles. The van der Waals surface area contributed by atoms with Crippen molar-refractivity contribution in [2.75, 3.05) is 33.0 Å². The van der Waals surface area contributed by atoms with Crippen molar-refractivity contribution in [3.8, 4) is 0 Å². The SMILES string of the molecule is CCCCCOC(C)COC(C)COC(C)COCCC(C)C. The highest BCUT2D eigenvalue weighted by Gasteiger charge is 2.10. The fourth-order valence-electron chi connectivity index (χ4n) is 1.95. The van der Waals surface area contributed by atoms with Gasteiger partial charge in [-0.05, 0) is 39.5 Å². The summed E-state index contributed by atoms with van der Waals surface area (Å²) in [4.78, 5) is 0. The Morgan fingerprint density at radius 3 is 1.78 bits per heavy atom. The molecule has 3 unspecified atom stereocenters. The molecule has 0 rings (SSSR count). The molecule has 0 aliphatic carbocycles. The summed E-state index contributed by atoms with van der Waals surface area (Å²) in [6, 6.07) is 0. The first kappa shape index (κ1) is 22.8. The van der Waals surface area contributed by atoms with E-state index in [0.717, 1.165) is 26.1 Å². The molecule has 0 N–H and O–H groups in total. The summed E-state index contributed by atoms with van der Waals surface area (Å²) in [7, 11) is 0. The van der Waals surface area contributed by atoms with Gasteiger partial charge < -0.3 is 18.9 Å². The Bertz CT molecular complexity index is 246. The van der Waals surface area contributed by atoms with E-state index < -0.39 is 0 Å². The zero-order valence-corrected chi connectivity index (χ0v) is 16.3. The number of hydrogen-bond acceptors (Lipinski definition) is 4. The van der Waals surface area contributed by atoms with Crippen molar-refractivity contribution in [3.05, 3.63) is 0 Å². The Kier molecular flexibility index (Phi) is 15.3. The van der Waals surface area contributed by atoms with Crippen molar-refractivity contribution >= 4 is 0 Å². The van der Waals surface area contributed by atoms with Crippen LogP contribution in [0.25, 0.3) is 0 Å². The lowest BCUT2D eigenvalue weighted by Gasteiger charge is -2.20. The average Bonchev–Trinajstić information content (AvgIpc) is 2.51. The zero-order valence-electron chi connectivity index (χ0n) is 16.3. The maximum absolute atomic E-state index is 5.78. The van der Waals surface area contributed by atoms with Crippen LogP contribution in [0.2, 0.25) is 0 Å². The molecule has 0 saturated heterocycles. The van der Waals surface area contributed by atoms with Crippen LogP contribution in [0.5, 0.6) is 0 Å². The van der Waals surface area contributed by atoms with Crippen LogP contribution in [0.15, 0.2) is 0 Å². The molecule has 0 radical (unpaired) electrons. The quantitative estimate of drug-likeness (QED) is 0.391. The highest BCUT2D eigenvalue weighted by Crippen LogP contribution is 2.03. The first-order valence-corrected chi connectivity index (χ1v) is 9.38. The Morgan fingerprint density at radius 1 is 0.652 bits per heavy atom. The summed E-state index contributed by atoms with van der Waals surface area (Å²) in [5, 5.41) is 0. The smallest absolute Gasteiger partial charge is 0.0781 e. The number of ether oxygens (including phenoxy) is 4. The van der Waals surface area contributed by atoms with Gasteiger partial charge in [-0.1, -0.05) is 33.6 Å². The summed E-state index contributed by atoms with van der Waals surface area (Å²) < 4.78 is 22.9. The fraction of sp³-hybridized carbons (Fsp3) is 1.00. The van der Waals surface area contributed by atoms with Crippen molar-refractivity contribution in [2.45, 2.75) is 85.5 Å². The van der Waals surface area contributed by atoms with Gasteiger partial charge in [-0.15, -0.1) is 0 Å². The van der Waals surface area contributed by atoms with E-state index in [1.807, 2.05) is 13.8 Å². The van der Waals surface area contributed by atoms with E-state index in [4.69, 9.17) is 18.9 Å². The largest absolute Gasteiger partial charge is 0.379 e. The maximum Gasteiger partial charge on any atom is 0.0781 e. The Labute approximate surface area is 144 Å². The molecule has 0 aliphatic rings. The van der Waals surface area contributed by atoms with E-state index in [9.17, 15) is 0 Å². The number of hydrogen-bond donors (Lipinski definition) is 0. The molecule has 3 atom stereocenters. The van der Waals surface area contributed by atoms with Crippen LogP contribution in [0.3, 0.4) is 0 Å². The second-order valence-electron chi connectivity index (χ2n) is 6.93. The molecule has 4 heteroatoms. The van der Waals surface area contributed by atoms with Crippen molar-refractivity contribution in [1.82, 2.24) is 0 Å². The lowest BCUT2D eigenvalue weighted by atomic mass is 10.1. The van der Waals surface area contributed by atoms with Crippen LogP contribution in [0.1, 0.15) is 67.2 Å². The summed E-state index contributed by atoms with van der Waals surface area (Å²) in [6.07, 6.45) is 5.02. The molecular weight excluding hydrogens is 292 g/mol. The van der Waals surface area contributed by atoms with Crippen LogP contribution in [0.4, 0.5) is 0 Å². The molecule has 140 valence electrons. The average molecular weight is 333 g/mol. The fourth-order valence-corrected chi connectivity index (χ4v) is 1.95.